The highest BCUT2D eigenvalue weighted by atomic mass is 16.5. The summed E-state index contributed by atoms with van der Waals surface area (Å²) in [4.78, 5) is 23.9. The van der Waals surface area contributed by atoms with E-state index in [0.717, 1.165) is 17.7 Å². The number of esters is 1. The van der Waals surface area contributed by atoms with Gasteiger partial charge in [-0.05, 0) is 48.4 Å². The van der Waals surface area contributed by atoms with Crippen LogP contribution in [0.1, 0.15) is 29.3 Å². The monoisotopic (exact) mass is 339 g/mol. The number of hydrogen-bond acceptors (Lipinski definition) is 4. The number of nitrogens with one attached hydrogen (secondary N) is 1. The predicted molar refractivity (Wildman–Crippen MR) is 97.7 cm³/mol. The van der Waals surface area contributed by atoms with Crippen LogP contribution in [0.25, 0.3) is 6.08 Å². The molecule has 0 aliphatic rings. The fourth-order valence-electron chi connectivity index (χ4n) is 2.10. The van der Waals surface area contributed by atoms with Gasteiger partial charge in [0.15, 0.2) is 0 Å². The van der Waals surface area contributed by atoms with Gasteiger partial charge in [-0.15, -0.1) is 0 Å². The first-order chi connectivity index (χ1) is 12.1. The Labute approximate surface area is 147 Å². The average Bonchev–Trinajstić information content (AvgIpc) is 2.64. The molecule has 0 saturated heterocycles. The number of anilines is 1. The van der Waals surface area contributed by atoms with Gasteiger partial charge in [0.2, 0.25) is 5.91 Å². The molecule has 0 atom stereocenters. The number of rotatable bonds is 7. The molecule has 25 heavy (non-hydrogen) atoms. The molecule has 0 aliphatic carbocycles. The zero-order valence-electron chi connectivity index (χ0n) is 14.3. The minimum atomic E-state index is -0.398. The minimum absolute atomic E-state index is 0.290. The lowest BCUT2D eigenvalue weighted by molar-refractivity contribution is -0.111. The van der Waals surface area contributed by atoms with Crippen molar-refractivity contribution in [2.45, 2.75) is 13.3 Å². The highest BCUT2D eigenvalue weighted by molar-refractivity contribution is 6.02. The van der Waals surface area contributed by atoms with E-state index in [-0.39, 0.29) is 5.91 Å². The first-order valence-corrected chi connectivity index (χ1v) is 8.02. The highest BCUT2D eigenvalue weighted by Gasteiger charge is 2.08. The van der Waals surface area contributed by atoms with Gasteiger partial charge in [-0.3, -0.25) is 4.79 Å². The Kier molecular flexibility index (Phi) is 6.77. The minimum Gasteiger partial charge on any atom is -0.497 e. The fourth-order valence-corrected chi connectivity index (χ4v) is 2.10. The molecule has 2 rings (SSSR count). The standard InChI is InChI=1S/C20H21NO4/c1-3-12-25-20(23)16-7-5-8-17(14-16)21-19(22)11-10-15-6-4-9-18(13-15)24-2/h4-11,13-14H,3,12H2,1-2H3,(H,21,22)/b11-10+. The molecule has 0 heterocycles. The largest absolute Gasteiger partial charge is 0.497 e. The maximum absolute atomic E-state index is 12.0. The van der Waals surface area contributed by atoms with E-state index < -0.39 is 5.97 Å². The summed E-state index contributed by atoms with van der Waals surface area (Å²) in [6, 6.07) is 14.0. The molecule has 0 radical (unpaired) electrons. The Morgan fingerprint density at radius 1 is 1.12 bits per heavy atom. The third kappa shape index (κ3) is 5.80. The van der Waals surface area contributed by atoms with Crippen molar-refractivity contribution in [1.82, 2.24) is 0 Å². The molecular formula is C20H21NO4. The summed E-state index contributed by atoms with van der Waals surface area (Å²) >= 11 is 0. The van der Waals surface area contributed by atoms with Gasteiger partial charge in [0, 0.05) is 11.8 Å². The summed E-state index contributed by atoms with van der Waals surface area (Å²) in [7, 11) is 1.59. The van der Waals surface area contributed by atoms with Crippen molar-refractivity contribution < 1.29 is 19.1 Å². The van der Waals surface area contributed by atoms with Crippen LogP contribution in [0.15, 0.2) is 54.6 Å². The first-order valence-electron chi connectivity index (χ1n) is 8.02. The Balaban J connectivity index is 2.00. The third-order valence-electron chi connectivity index (χ3n) is 3.32. The smallest absolute Gasteiger partial charge is 0.338 e. The van der Waals surface area contributed by atoms with Crippen LogP contribution < -0.4 is 10.1 Å². The molecule has 0 aliphatic heterocycles. The summed E-state index contributed by atoms with van der Waals surface area (Å²) in [6.45, 7) is 2.30. The van der Waals surface area contributed by atoms with Crippen molar-refractivity contribution in [3.8, 4) is 5.75 Å². The van der Waals surface area contributed by atoms with Crippen LogP contribution in [0.2, 0.25) is 0 Å². The fraction of sp³-hybridized carbons (Fsp3) is 0.200. The maximum Gasteiger partial charge on any atom is 0.338 e. The normalized spacial score (nSPS) is 10.5. The van der Waals surface area contributed by atoms with Crippen molar-refractivity contribution in [3.63, 3.8) is 0 Å². The number of ether oxygens (including phenoxy) is 2. The number of hydrogen-bond donors (Lipinski definition) is 1. The molecule has 0 aromatic heterocycles. The van der Waals surface area contributed by atoms with E-state index >= 15 is 0 Å². The van der Waals surface area contributed by atoms with Crippen LogP contribution in [0.5, 0.6) is 5.75 Å². The quantitative estimate of drug-likeness (QED) is 0.613. The van der Waals surface area contributed by atoms with Gasteiger partial charge in [0.25, 0.3) is 0 Å². The molecule has 2 aromatic carbocycles. The molecule has 130 valence electrons. The van der Waals surface area contributed by atoms with Crippen molar-refractivity contribution in [2.24, 2.45) is 0 Å². The zero-order valence-corrected chi connectivity index (χ0v) is 14.3. The zero-order chi connectivity index (χ0) is 18.1. The maximum atomic E-state index is 12.0. The molecular weight excluding hydrogens is 318 g/mol. The predicted octanol–water partition coefficient (Wildman–Crippen LogP) is 3.91. The molecule has 2 aromatic rings. The van der Waals surface area contributed by atoms with Crippen LogP contribution in [-0.4, -0.2) is 25.6 Å². The van der Waals surface area contributed by atoms with Crippen molar-refractivity contribution in [3.05, 3.63) is 65.7 Å². The molecule has 0 fully saturated rings. The molecule has 0 unspecified atom stereocenters. The van der Waals surface area contributed by atoms with E-state index in [1.54, 1.807) is 37.5 Å². The van der Waals surface area contributed by atoms with Gasteiger partial charge in [-0.1, -0.05) is 25.1 Å². The topological polar surface area (TPSA) is 64.6 Å². The van der Waals surface area contributed by atoms with E-state index in [4.69, 9.17) is 9.47 Å². The van der Waals surface area contributed by atoms with E-state index in [9.17, 15) is 9.59 Å². The Hall–Kier alpha value is -3.08. The lowest BCUT2D eigenvalue weighted by Gasteiger charge is -2.06. The molecule has 0 saturated carbocycles. The Bertz CT molecular complexity index is 768. The van der Waals surface area contributed by atoms with E-state index in [1.807, 2.05) is 31.2 Å². The lowest BCUT2D eigenvalue weighted by atomic mass is 10.2. The second kappa shape index (κ2) is 9.27. The van der Waals surface area contributed by atoms with Gasteiger partial charge in [-0.2, -0.15) is 0 Å². The second-order valence-electron chi connectivity index (χ2n) is 5.32. The van der Waals surface area contributed by atoms with Gasteiger partial charge in [0.1, 0.15) is 5.75 Å². The van der Waals surface area contributed by atoms with Crippen molar-refractivity contribution in [2.75, 3.05) is 19.0 Å². The number of carbonyl (C=O) groups is 2. The summed E-state index contributed by atoms with van der Waals surface area (Å²) in [5.74, 6) is 0.0348. The van der Waals surface area contributed by atoms with Gasteiger partial charge in [-0.25, -0.2) is 4.79 Å². The van der Waals surface area contributed by atoms with Crippen LogP contribution in [0, 0.1) is 0 Å². The summed E-state index contributed by atoms with van der Waals surface area (Å²) < 4.78 is 10.2. The van der Waals surface area contributed by atoms with E-state index in [1.165, 1.54) is 6.08 Å². The Morgan fingerprint density at radius 3 is 2.68 bits per heavy atom. The first kappa shape index (κ1) is 18.3. The van der Waals surface area contributed by atoms with Gasteiger partial charge < -0.3 is 14.8 Å². The molecule has 5 heteroatoms. The summed E-state index contributed by atoms with van der Waals surface area (Å²) in [5, 5.41) is 2.73. The van der Waals surface area contributed by atoms with Crippen molar-refractivity contribution >= 4 is 23.6 Å². The molecule has 0 bridgehead atoms. The van der Waals surface area contributed by atoms with Crippen LogP contribution in [-0.2, 0) is 9.53 Å². The van der Waals surface area contributed by atoms with Crippen LogP contribution >= 0.6 is 0 Å². The highest BCUT2D eigenvalue weighted by Crippen LogP contribution is 2.15. The van der Waals surface area contributed by atoms with Crippen molar-refractivity contribution in [1.29, 1.82) is 0 Å². The lowest BCUT2D eigenvalue weighted by Crippen LogP contribution is -2.10. The number of methoxy groups -OCH3 is 1. The summed E-state index contributed by atoms with van der Waals surface area (Å²) in [5.41, 5.74) is 1.79. The summed E-state index contributed by atoms with van der Waals surface area (Å²) in [6.07, 6.45) is 3.88. The van der Waals surface area contributed by atoms with E-state index in [2.05, 4.69) is 5.32 Å². The molecule has 1 amide bonds. The second-order valence-corrected chi connectivity index (χ2v) is 5.32. The third-order valence-corrected chi connectivity index (χ3v) is 3.32. The molecule has 1 N–H and O–H groups in total. The number of benzene rings is 2. The Morgan fingerprint density at radius 2 is 1.92 bits per heavy atom. The van der Waals surface area contributed by atoms with Gasteiger partial charge >= 0.3 is 5.97 Å². The van der Waals surface area contributed by atoms with E-state index in [0.29, 0.717) is 17.9 Å². The van der Waals surface area contributed by atoms with Crippen LogP contribution in [0.4, 0.5) is 5.69 Å². The average molecular weight is 339 g/mol. The SMILES string of the molecule is CCCOC(=O)c1cccc(NC(=O)/C=C/c2cccc(OC)c2)c1. The van der Waals surface area contributed by atoms with Crippen LogP contribution in [0.3, 0.4) is 0 Å². The van der Waals surface area contributed by atoms with Gasteiger partial charge in [0.05, 0.1) is 19.3 Å². The number of amides is 1. The molecule has 5 nitrogen and oxygen atoms in total. The molecule has 0 spiro atoms. The number of carbonyl (C=O) groups excluding carboxylic acids is 2.